The molecule has 6 heteroatoms. The van der Waals surface area contributed by atoms with Gasteiger partial charge in [-0.25, -0.2) is 14.4 Å². The van der Waals surface area contributed by atoms with Crippen LogP contribution in [0.2, 0.25) is 5.02 Å². The van der Waals surface area contributed by atoms with Crippen molar-refractivity contribution < 1.29 is 9.13 Å². The zero-order valence-electron chi connectivity index (χ0n) is 14.4. The van der Waals surface area contributed by atoms with Crippen molar-refractivity contribution in [2.45, 2.75) is 0 Å². The van der Waals surface area contributed by atoms with E-state index in [1.807, 2.05) is 34.7 Å². The van der Waals surface area contributed by atoms with Gasteiger partial charge >= 0.3 is 0 Å². The van der Waals surface area contributed by atoms with E-state index in [-0.39, 0.29) is 5.82 Å². The average Bonchev–Trinajstić information content (AvgIpc) is 3.05. The van der Waals surface area contributed by atoms with Gasteiger partial charge in [0, 0.05) is 18.0 Å². The van der Waals surface area contributed by atoms with E-state index in [1.165, 1.54) is 12.1 Å². The molecule has 0 aliphatic heterocycles. The fraction of sp³-hybridized carbons (Fsp3) is 0.0476. The summed E-state index contributed by atoms with van der Waals surface area (Å²) >= 11 is 6.16. The lowest BCUT2D eigenvalue weighted by Gasteiger charge is -2.03. The van der Waals surface area contributed by atoms with Gasteiger partial charge in [-0.2, -0.15) is 0 Å². The van der Waals surface area contributed by atoms with Crippen molar-refractivity contribution in [2.75, 3.05) is 7.11 Å². The highest BCUT2D eigenvalue weighted by Gasteiger charge is 2.14. The number of hydrogen-bond donors (Lipinski definition) is 0. The van der Waals surface area contributed by atoms with Crippen LogP contribution in [-0.2, 0) is 0 Å². The Morgan fingerprint density at radius 3 is 2.48 bits per heavy atom. The van der Waals surface area contributed by atoms with Gasteiger partial charge in [0.05, 0.1) is 12.1 Å². The fourth-order valence-electron chi connectivity index (χ4n) is 2.76. The average molecular weight is 380 g/mol. The Hall–Kier alpha value is -3.18. The smallest absolute Gasteiger partial charge is 0.165 e. The van der Waals surface area contributed by atoms with Crippen molar-refractivity contribution in [3.63, 3.8) is 0 Å². The van der Waals surface area contributed by atoms with Crippen molar-refractivity contribution in [2.24, 2.45) is 4.99 Å². The van der Waals surface area contributed by atoms with Crippen LogP contribution in [0.5, 0.6) is 5.75 Å². The molecule has 134 valence electrons. The van der Waals surface area contributed by atoms with Crippen LogP contribution >= 0.6 is 11.6 Å². The van der Waals surface area contributed by atoms with Gasteiger partial charge in [-0.15, -0.1) is 0 Å². The Balaban J connectivity index is 1.84. The number of ether oxygens (including phenoxy) is 1. The van der Waals surface area contributed by atoms with E-state index in [9.17, 15) is 4.39 Å². The van der Waals surface area contributed by atoms with Crippen LogP contribution in [0.3, 0.4) is 0 Å². The zero-order valence-corrected chi connectivity index (χ0v) is 15.2. The standard InChI is InChI=1S/C21H15ClFN3O/c1-27-18-9-4-15(5-10-18)20-21(24-12-14-2-7-17(23)8-3-14)26-13-16(22)6-11-19(26)25-20/h2-13H,1H3. The Labute approximate surface area is 160 Å². The van der Waals surface area contributed by atoms with Gasteiger partial charge in [0.15, 0.2) is 5.82 Å². The molecule has 2 aromatic carbocycles. The first-order valence-electron chi connectivity index (χ1n) is 8.26. The monoisotopic (exact) mass is 379 g/mol. The molecule has 4 aromatic rings. The maximum Gasteiger partial charge on any atom is 0.165 e. The number of aromatic nitrogens is 2. The maximum absolute atomic E-state index is 13.1. The van der Waals surface area contributed by atoms with Crippen LogP contribution in [0.1, 0.15) is 5.56 Å². The van der Waals surface area contributed by atoms with Crippen molar-refractivity contribution in [1.82, 2.24) is 9.38 Å². The van der Waals surface area contributed by atoms with Gasteiger partial charge in [-0.1, -0.05) is 23.7 Å². The Morgan fingerprint density at radius 1 is 1.04 bits per heavy atom. The highest BCUT2D eigenvalue weighted by molar-refractivity contribution is 6.30. The molecule has 4 rings (SSSR count). The molecule has 0 radical (unpaired) electrons. The highest BCUT2D eigenvalue weighted by Crippen LogP contribution is 2.32. The molecule has 0 bridgehead atoms. The van der Waals surface area contributed by atoms with Crippen LogP contribution in [0, 0.1) is 5.82 Å². The van der Waals surface area contributed by atoms with E-state index < -0.39 is 0 Å². The Bertz CT molecular complexity index is 1120. The van der Waals surface area contributed by atoms with E-state index in [4.69, 9.17) is 21.3 Å². The summed E-state index contributed by atoms with van der Waals surface area (Å²) in [4.78, 5) is 9.31. The summed E-state index contributed by atoms with van der Waals surface area (Å²) in [5.74, 6) is 1.12. The minimum Gasteiger partial charge on any atom is -0.497 e. The molecule has 0 atom stereocenters. The van der Waals surface area contributed by atoms with Crippen LogP contribution < -0.4 is 4.74 Å². The summed E-state index contributed by atoms with van der Waals surface area (Å²) < 4.78 is 20.2. The normalized spacial score (nSPS) is 11.4. The number of benzene rings is 2. The third-order valence-corrected chi connectivity index (χ3v) is 4.35. The number of nitrogens with zero attached hydrogens (tertiary/aromatic N) is 3. The highest BCUT2D eigenvalue weighted by atomic mass is 35.5. The van der Waals surface area contributed by atoms with Gasteiger partial charge in [0.2, 0.25) is 0 Å². The second kappa shape index (κ2) is 7.21. The molecule has 0 saturated carbocycles. The summed E-state index contributed by atoms with van der Waals surface area (Å²) in [6.45, 7) is 0. The van der Waals surface area contributed by atoms with Crippen LogP contribution in [0.25, 0.3) is 16.9 Å². The van der Waals surface area contributed by atoms with E-state index in [1.54, 1.807) is 37.7 Å². The summed E-state index contributed by atoms with van der Waals surface area (Å²) in [6.07, 6.45) is 3.45. The second-order valence-corrected chi connectivity index (χ2v) is 6.33. The third kappa shape index (κ3) is 3.55. The van der Waals surface area contributed by atoms with Crippen molar-refractivity contribution in [1.29, 1.82) is 0 Å². The number of methoxy groups -OCH3 is 1. The minimum atomic E-state index is -0.285. The number of pyridine rings is 1. The molecular weight excluding hydrogens is 365 g/mol. The van der Waals surface area contributed by atoms with Crippen LogP contribution in [0.15, 0.2) is 71.9 Å². The number of halogens is 2. The van der Waals surface area contributed by atoms with Crippen LogP contribution in [0.4, 0.5) is 10.2 Å². The van der Waals surface area contributed by atoms with E-state index >= 15 is 0 Å². The zero-order chi connectivity index (χ0) is 18.8. The molecule has 0 amide bonds. The Morgan fingerprint density at radius 2 is 1.78 bits per heavy atom. The second-order valence-electron chi connectivity index (χ2n) is 5.90. The van der Waals surface area contributed by atoms with E-state index in [0.717, 1.165) is 28.2 Å². The van der Waals surface area contributed by atoms with Gasteiger partial charge in [-0.05, 0) is 54.1 Å². The first kappa shape index (κ1) is 17.2. The predicted molar refractivity (Wildman–Crippen MR) is 106 cm³/mol. The molecule has 0 N–H and O–H groups in total. The van der Waals surface area contributed by atoms with Crippen molar-refractivity contribution in [3.05, 3.63) is 83.3 Å². The van der Waals surface area contributed by atoms with Gasteiger partial charge < -0.3 is 4.74 Å². The third-order valence-electron chi connectivity index (χ3n) is 4.13. The summed E-state index contributed by atoms with van der Waals surface area (Å²) in [6, 6.07) is 17.4. The SMILES string of the molecule is COc1ccc(-c2nc3ccc(Cl)cn3c2N=Cc2ccc(F)cc2)cc1. The lowest BCUT2D eigenvalue weighted by molar-refractivity contribution is 0.415. The van der Waals surface area contributed by atoms with E-state index in [2.05, 4.69) is 4.99 Å². The summed E-state index contributed by atoms with van der Waals surface area (Å²) in [5.41, 5.74) is 3.14. The number of aliphatic imine (C=N–C) groups is 1. The molecule has 0 spiro atoms. The molecule has 0 saturated heterocycles. The first-order chi connectivity index (χ1) is 13.1. The molecule has 0 fully saturated rings. The molecule has 27 heavy (non-hydrogen) atoms. The molecule has 2 aromatic heterocycles. The quantitative estimate of drug-likeness (QED) is 0.436. The topological polar surface area (TPSA) is 38.9 Å². The number of fused-ring (bicyclic) bond motifs is 1. The fourth-order valence-corrected chi connectivity index (χ4v) is 2.92. The van der Waals surface area contributed by atoms with Gasteiger partial charge in [-0.3, -0.25) is 4.40 Å². The summed E-state index contributed by atoms with van der Waals surface area (Å²) in [5, 5.41) is 0.583. The molecule has 2 heterocycles. The van der Waals surface area contributed by atoms with E-state index in [0.29, 0.717) is 10.8 Å². The van der Waals surface area contributed by atoms with Gasteiger partial charge in [0.1, 0.15) is 22.9 Å². The molecular formula is C21H15ClFN3O. The van der Waals surface area contributed by atoms with Crippen molar-refractivity contribution in [3.8, 4) is 17.0 Å². The Kier molecular flexibility index (Phi) is 4.60. The number of rotatable bonds is 4. The lowest BCUT2D eigenvalue weighted by Crippen LogP contribution is -1.86. The van der Waals surface area contributed by atoms with Crippen molar-refractivity contribution >= 4 is 29.3 Å². The number of hydrogen-bond acceptors (Lipinski definition) is 3. The lowest BCUT2D eigenvalue weighted by atomic mass is 10.1. The van der Waals surface area contributed by atoms with Gasteiger partial charge in [0.25, 0.3) is 0 Å². The molecule has 0 aliphatic rings. The molecule has 0 unspecified atom stereocenters. The first-order valence-corrected chi connectivity index (χ1v) is 8.63. The molecule has 0 aliphatic carbocycles. The summed E-state index contributed by atoms with van der Waals surface area (Å²) in [7, 11) is 1.63. The minimum absolute atomic E-state index is 0.285. The number of imidazole rings is 1. The van der Waals surface area contributed by atoms with Crippen LogP contribution in [-0.4, -0.2) is 22.7 Å². The predicted octanol–water partition coefficient (Wildman–Crippen LogP) is 5.55. The largest absolute Gasteiger partial charge is 0.497 e. The maximum atomic E-state index is 13.1. The molecule has 4 nitrogen and oxygen atoms in total.